The van der Waals surface area contributed by atoms with Gasteiger partial charge >= 0.3 is 0 Å². The molecule has 0 aliphatic carbocycles. The lowest BCUT2D eigenvalue weighted by Gasteiger charge is -2.19. The molecule has 1 N–H and O–H groups in total. The van der Waals surface area contributed by atoms with Crippen LogP contribution < -0.4 is 14.2 Å². The fraction of sp³-hybridized carbons (Fsp3) is 0.0833. The number of pyridine rings is 1. The van der Waals surface area contributed by atoms with Gasteiger partial charge in [-0.25, -0.2) is 8.42 Å². The number of sulfonamides is 1. The molecule has 0 amide bonds. The second-order valence-electron chi connectivity index (χ2n) is 7.74. The average Bonchev–Trinajstić information content (AvgIpc) is 3.32. The van der Waals surface area contributed by atoms with Crippen LogP contribution >= 0.6 is 0 Å². The van der Waals surface area contributed by atoms with Gasteiger partial charge in [0.2, 0.25) is 0 Å². The molecule has 1 aliphatic rings. The Morgan fingerprint density at radius 1 is 0.857 bits per heavy atom. The van der Waals surface area contributed by atoms with Gasteiger partial charge in [-0.05, 0) is 48.5 Å². The average molecular weight is 487 g/mol. The maximum atomic E-state index is 12.9. The molecular formula is C24H18N6O4S. The van der Waals surface area contributed by atoms with Crippen LogP contribution in [-0.2, 0) is 10.0 Å². The number of hydrogen-bond donors (Lipinski definition) is 1. The number of hydrogen-bond acceptors (Lipinski definition) is 8. The summed E-state index contributed by atoms with van der Waals surface area (Å²) in [6.45, 7) is 0.817. The summed E-state index contributed by atoms with van der Waals surface area (Å²) in [5, 5.41) is 13.1. The number of aromatic nitrogens is 5. The first-order chi connectivity index (χ1) is 17.1. The Morgan fingerprint density at radius 2 is 1.69 bits per heavy atom. The largest absolute Gasteiger partial charge is 0.486 e. The summed E-state index contributed by atoms with van der Waals surface area (Å²) in [5.74, 6) is 1.53. The number of anilines is 1. The zero-order chi connectivity index (χ0) is 23.8. The lowest BCUT2D eigenvalue weighted by molar-refractivity contribution is 0.171. The summed E-state index contributed by atoms with van der Waals surface area (Å²) < 4.78 is 41.0. The molecule has 1 aliphatic heterocycles. The van der Waals surface area contributed by atoms with Crippen molar-refractivity contribution in [3.05, 3.63) is 79.1 Å². The number of ether oxygens (including phenoxy) is 2. The monoisotopic (exact) mass is 486 g/mol. The van der Waals surface area contributed by atoms with E-state index in [1.807, 2.05) is 24.3 Å². The van der Waals surface area contributed by atoms with Crippen molar-refractivity contribution < 1.29 is 17.9 Å². The Hall–Kier alpha value is -4.51. The van der Waals surface area contributed by atoms with Gasteiger partial charge < -0.3 is 9.47 Å². The summed E-state index contributed by atoms with van der Waals surface area (Å²) in [6, 6.07) is 18.9. The third-order valence-corrected chi connectivity index (χ3v) is 6.82. The summed E-state index contributed by atoms with van der Waals surface area (Å²) in [5.41, 5.74) is 3.32. The van der Waals surface area contributed by atoms with Gasteiger partial charge in [0.15, 0.2) is 23.0 Å². The zero-order valence-electron chi connectivity index (χ0n) is 18.2. The van der Waals surface area contributed by atoms with Crippen molar-refractivity contribution in [1.29, 1.82) is 0 Å². The van der Waals surface area contributed by atoms with Crippen molar-refractivity contribution in [2.45, 2.75) is 4.90 Å². The van der Waals surface area contributed by atoms with E-state index in [-0.39, 0.29) is 4.90 Å². The van der Waals surface area contributed by atoms with E-state index >= 15 is 0 Å². The molecular weight excluding hydrogens is 468 g/mol. The highest BCUT2D eigenvalue weighted by molar-refractivity contribution is 7.92. The van der Waals surface area contributed by atoms with Gasteiger partial charge in [-0.2, -0.15) is 9.61 Å². The minimum absolute atomic E-state index is 0.0912. The molecule has 11 heteroatoms. The molecule has 0 spiro atoms. The van der Waals surface area contributed by atoms with Gasteiger partial charge in [0, 0.05) is 35.3 Å². The minimum atomic E-state index is -3.81. The molecule has 0 bridgehead atoms. The molecule has 0 fully saturated rings. The molecule has 0 atom stereocenters. The molecule has 35 heavy (non-hydrogen) atoms. The Kier molecular flexibility index (Phi) is 5.03. The standard InChI is InChI=1S/C24H18N6O4S/c31-35(32,19-7-9-21-22(14-19)34-13-12-33-21)29-18-5-3-16(4-6-18)20-8-10-23-26-27-24(30(23)28-20)17-2-1-11-25-15-17/h1-11,14-15,29H,12-13H2. The van der Waals surface area contributed by atoms with Gasteiger partial charge in [-0.3, -0.25) is 9.71 Å². The van der Waals surface area contributed by atoms with Gasteiger partial charge in [0.25, 0.3) is 10.0 Å². The molecule has 2 aromatic carbocycles. The predicted octanol–water partition coefficient (Wildman–Crippen LogP) is 3.43. The summed E-state index contributed by atoms with van der Waals surface area (Å²) in [6.07, 6.45) is 3.39. The second kappa shape index (κ2) is 8.37. The minimum Gasteiger partial charge on any atom is -0.486 e. The summed E-state index contributed by atoms with van der Waals surface area (Å²) in [7, 11) is -3.81. The molecule has 3 aromatic heterocycles. The third kappa shape index (κ3) is 4.02. The van der Waals surface area contributed by atoms with Crippen LogP contribution in [0.2, 0.25) is 0 Å². The smallest absolute Gasteiger partial charge is 0.262 e. The number of nitrogens with zero attached hydrogens (tertiary/aromatic N) is 5. The Morgan fingerprint density at radius 3 is 2.49 bits per heavy atom. The number of benzene rings is 2. The van der Waals surface area contributed by atoms with Crippen molar-refractivity contribution in [1.82, 2.24) is 24.8 Å². The fourth-order valence-corrected chi connectivity index (χ4v) is 4.81. The molecule has 0 saturated carbocycles. The number of nitrogens with one attached hydrogen (secondary N) is 1. The maximum Gasteiger partial charge on any atom is 0.262 e. The number of fused-ring (bicyclic) bond motifs is 2. The van der Waals surface area contributed by atoms with Gasteiger partial charge in [-0.1, -0.05) is 12.1 Å². The van der Waals surface area contributed by atoms with E-state index in [0.29, 0.717) is 47.6 Å². The molecule has 174 valence electrons. The summed E-state index contributed by atoms with van der Waals surface area (Å²) >= 11 is 0. The van der Waals surface area contributed by atoms with Gasteiger partial charge in [-0.15, -0.1) is 10.2 Å². The van der Waals surface area contributed by atoms with E-state index in [2.05, 4.69) is 25.0 Å². The molecule has 10 nitrogen and oxygen atoms in total. The normalized spacial score (nSPS) is 13.0. The highest BCUT2D eigenvalue weighted by Gasteiger charge is 2.20. The van der Waals surface area contributed by atoms with Crippen LogP contribution in [0.3, 0.4) is 0 Å². The van der Waals surface area contributed by atoms with E-state index in [0.717, 1.165) is 11.1 Å². The van der Waals surface area contributed by atoms with E-state index in [9.17, 15) is 8.42 Å². The lowest BCUT2D eigenvalue weighted by Crippen LogP contribution is -2.17. The van der Waals surface area contributed by atoms with E-state index in [1.54, 1.807) is 47.2 Å². The first-order valence-corrected chi connectivity index (χ1v) is 12.2. The molecule has 0 radical (unpaired) electrons. The van der Waals surface area contributed by atoms with Crippen LogP contribution in [0.15, 0.2) is 84.0 Å². The fourth-order valence-electron chi connectivity index (χ4n) is 3.73. The highest BCUT2D eigenvalue weighted by Crippen LogP contribution is 2.33. The first-order valence-electron chi connectivity index (χ1n) is 10.7. The summed E-state index contributed by atoms with van der Waals surface area (Å²) in [4.78, 5) is 4.22. The SMILES string of the molecule is O=S(=O)(Nc1ccc(-c2ccc3nnc(-c4cccnc4)n3n2)cc1)c1ccc2c(c1)OCCO2. The quantitative estimate of drug-likeness (QED) is 0.401. The Balaban J connectivity index is 1.26. The van der Waals surface area contributed by atoms with E-state index in [4.69, 9.17) is 9.47 Å². The van der Waals surface area contributed by atoms with Crippen molar-refractivity contribution >= 4 is 21.4 Å². The van der Waals surface area contributed by atoms with Crippen molar-refractivity contribution in [3.63, 3.8) is 0 Å². The second-order valence-corrected chi connectivity index (χ2v) is 9.42. The Labute approximate surface area is 200 Å². The topological polar surface area (TPSA) is 121 Å². The van der Waals surface area contributed by atoms with Crippen LogP contribution in [0.4, 0.5) is 5.69 Å². The van der Waals surface area contributed by atoms with Crippen LogP contribution in [-0.4, -0.2) is 46.4 Å². The number of rotatable bonds is 5. The zero-order valence-corrected chi connectivity index (χ0v) is 19.0. The van der Waals surface area contributed by atoms with Crippen molar-refractivity contribution in [2.75, 3.05) is 17.9 Å². The van der Waals surface area contributed by atoms with Crippen LogP contribution in [0.25, 0.3) is 28.3 Å². The van der Waals surface area contributed by atoms with Crippen LogP contribution in [0, 0.1) is 0 Å². The maximum absolute atomic E-state index is 12.9. The predicted molar refractivity (Wildman–Crippen MR) is 128 cm³/mol. The highest BCUT2D eigenvalue weighted by atomic mass is 32.2. The van der Waals surface area contributed by atoms with E-state index < -0.39 is 10.0 Å². The Bertz CT molecular complexity index is 1640. The van der Waals surface area contributed by atoms with Crippen LogP contribution in [0.5, 0.6) is 11.5 Å². The lowest BCUT2D eigenvalue weighted by atomic mass is 10.1. The molecule has 6 rings (SSSR count). The van der Waals surface area contributed by atoms with Crippen molar-refractivity contribution in [3.8, 4) is 34.1 Å². The molecule has 4 heterocycles. The van der Waals surface area contributed by atoms with Crippen molar-refractivity contribution in [2.24, 2.45) is 0 Å². The van der Waals surface area contributed by atoms with Gasteiger partial charge in [0.1, 0.15) is 13.2 Å². The van der Waals surface area contributed by atoms with Crippen LogP contribution in [0.1, 0.15) is 0 Å². The van der Waals surface area contributed by atoms with Gasteiger partial charge in [0.05, 0.1) is 10.6 Å². The third-order valence-electron chi connectivity index (χ3n) is 5.44. The molecule has 5 aromatic rings. The molecule has 0 saturated heterocycles. The molecule has 0 unspecified atom stereocenters. The first kappa shape index (κ1) is 21.1. The van der Waals surface area contributed by atoms with E-state index in [1.165, 1.54) is 12.1 Å².